The van der Waals surface area contributed by atoms with Crippen LogP contribution in [0.3, 0.4) is 0 Å². The van der Waals surface area contributed by atoms with E-state index in [1.54, 1.807) is 19.1 Å². The quantitative estimate of drug-likeness (QED) is 0.197. The Morgan fingerprint density at radius 3 is 2.29 bits per heavy atom. The summed E-state index contributed by atoms with van der Waals surface area (Å²) in [5, 5.41) is 31.7. The van der Waals surface area contributed by atoms with Crippen LogP contribution >= 0.6 is 0 Å². The van der Waals surface area contributed by atoms with E-state index in [2.05, 4.69) is 21.3 Å². The van der Waals surface area contributed by atoms with E-state index in [0.717, 1.165) is 6.42 Å². The third kappa shape index (κ3) is 8.88. The van der Waals surface area contributed by atoms with E-state index >= 15 is 0 Å². The number of benzene rings is 1. The Morgan fingerprint density at radius 2 is 1.76 bits per heavy atom. The van der Waals surface area contributed by atoms with Gasteiger partial charge in [-0.15, -0.1) is 0 Å². The molecule has 12 nitrogen and oxygen atoms in total. The summed E-state index contributed by atoms with van der Waals surface area (Å²) in [5.74, 6) is -2.99. The van der Waals surface area contributed by atoms with Gasteiger partial charge in [0.1, 0.15) is 11.8 Å². The molecule has 4 atom stereocenters. The molecule has 2 fully saturated rings. The Labute approximate surface area is 241 Å². The number of carbonyl (C=O) groups excluding carboxylic acids is 3. The van der Waals surface area contributed by atoms with E-state index < -0.39 is 41.6 Å². The maximum absolute atomic E-state index is 14.1. The second-order valence-electron chi connectivity index (χ2n) is 12.0. The molecule has 2 heterocycles. The second-order valence-corrected chi connectivity index (χ2v) is 12.0. The largest absolute Gasteiger partial charge is 0.508 e. The fourth-order valence-electron chi connectivity index (χ4n) is 5.32. The van der Waals surface area contributed by atoms with Gasteiger partial charge in [0.25, 0.3) is 0 Å². The van der Waals surface area contributed by atoms with Crippen LogP contribution in [0.4, 0.5) is 0 Å². The fourth-order valence-corrected chi connectivity index (χ4v) is 5.32. The van der Waals surface area contributed by atoms with E-state index in [1.807, 2.05) is 25.7 Å². The number of aliphatic carboxylic acids is 1. The van der Waals surface area contributed by atoms with Crippen molar-refractivity contribution in [1.82, 2.24) is 26.2 Å². The van der Waals surface area contributed by atoms with Gasteiger partial charge in [0.05, 0.1) is 25.3 Å². The van der Waals surface area contributed by atoms with Gasteiger partial charge in [-0.1, -0.05) is 39.8 Å². The maximum Gasteiger partial charge on any atom is 0.352 e. The lowest BCUT2D eigenvalue weighted by Crippen LogP contribution is -2.77. The van der Waals surface area contributed by atoms with Gasteiger partial charge >= 0.3 is 5.97 Å². The minimum absolute atomic E-state index is 0.0112. The first-order valence-electron chi connectivity index (χ1n) is 14.3. The van der Waals surface area contributed by atoms with Crippen LogP contribution < -0.4 is 21.3 Å². The number of carbonyl (C=O) groups is 4. The summed E-state index contributed by atoms with van der Waals surface area (Å²) in [6.07, 6.45) is 1.84. The van der Waals surface area contributed by atoms with Crippen LogP contribution in [0.25, 0.3) is 0 Å². The Kier molecular flexibility index (Phi) is 11.1. The SMILES string of the molecule is CCC(=O)N[C@@](NC(=O)C(Cc1ccc(O)cc1)NC(=O)[C@@H]1CCCN1)(C(=O)O)C(CC(C)(C)C)N1CCOCC1. The monoisotopic (exact) mass is 575 g/mol. The van der Waals surface area contributed by atoms with Gasteiger partial charge < -0.3 is 36.2 Å². The van der Waals surface area contributed by atoms with Crippen molar-refractivity contribution in [3.8, 4) is 5.75 Å². The van der Waals surface area contributed by atoms with Crippen molar-refractivity contribution in [2.24, 2.45) is 5.41 Å². The van der Waals surface area contributed by atoms with Crippen LogP contribution in [0, 0.1) is 5.41 Å². The molecule has 6 N–H and O–H groups in total. The molecule has 2 aliphatic rings. The first-order valence-corrected chi connectivity index (χ1v) is 14.3. The summed E-state index contributed by atoms with van der Waals surface area (Å²) in [5.41, 5.74) is -1.89. The van der Waals surface area contributed by atoms with Crippen LogP contribution in [0.2, 0.25) is 0 Å². The number of nitrogens with one attached hydrogen (secondary N) is 4. The lowest BCUT2D eigenvalue weighted by Gasteiger charge is -2.47. The number of aromatic hydroxyl groups is 1. The van der Waals surface area contributed by atoms with E-state index in [-0.39, 0.29) is 29.9 Å². The summed E-state index contributed by atoms with van der Waals surface area (Å²) >= 11 is 0. The number of hydrogen-bond donors (Lipinski definition) is 6. The summed E-state index contributed by atoms with van der Waals surface area (Å²) in [6.45, 7) is 9.84. The Hall–Kier alpha value is -3.22. The number of carboxylic acids is 1. The lowest BCUT2D eigenvalue weighted by molar-refractivity contribution is -0.159. The number of nitrogens with zero attached hydrogens (tertiary/aromatic N) is 1. The molecule has 12 heteroatoms. The fraction of sp³-hybridized carbons (Fsp3) is 0.655. The van der Waals surface area contributed by atoms with E-state index in [9.17, 15) is 29.4 Å². The van der Waals surface area contributed by atoms with Crippen molar-refractivity contribution in [3.05, 3.63) is 29.8 Å². The highest BCUT2D eigenvalue weighted by Gasteiger charge is 2.53. The predicted octanol–water partition coefficient (Wildman–Crippen LogP) is 0.732. The number of carboxylic acid groups (broad SMARTS) is 1. The molecule has 3 rings (SSSR count). The summed E-state index contributed by atoms with van der Waals surface area (Å²) in [6, 6.07) is 3.80. The highest BCUT2D eigenvalue weighted by Crippen LogP contribution is 2.30. The van der Waals surface area contributed by atoms with Gasteiger partial charge in [-0.2, -0.15) is 0 Å². The molecule has 3 amide bonds. The van der Waals surface area contributed by atoms with Crippen LogP contribution in [-0.2, 0) is 30.3 Å². The number of phenolic OH excluding ortho intramolecular Hbond substituents is 1. The van der Waals surface area contributed by atoms with Gasteiger partial charge in [0.2, 0.25) is 23.4 Å². The maximum atomic E-state index is 14.1. The number of rotatable bonds is 12. The Morgan fingerprint density at radius 1 is 1.10 bits per heavy atom. The molecule has 2 saturated heterocycles. The number of morpholine rings is 1. The molecule has 0 aliphatic carbocycles. The van der Waals surface area contributed by atoms with Crippen molar-refractivity contribution in [3.63, 3.8) is 0 Å². The molecule has 0 bridgehead atoms. The second kappa shape index (κ2) is 14.1. The number of amides is 3. The van der Waals surface area contributed by atoms with Crippen LogP contribution in [0.5, 0.6) is 5.75 Å². The molecule has 0 saturated carbocycles. The Balaban J connectivity index is 2.02. The highest BCUT2D eigenvalue weighted by atomic mass is 16.5. The topological polar surface area (TPSA) is 169 Å². The first-order chi connectivity index (χ1) is 19.3. The zero-order valence-corrected chi connectivity index (χ0v) is 24.5. The van der Waals surface area contributed by atoms with Gasteiger partial charge in [0.15, 0.2) is 0 Å². The van der Waals surface area contributed by atoms with Gasteiger partial charge in [0, 0.05) is 25.9 Å². The van der Waals surface area contributed by atoms with Crippen molar-refractivity contribution in [2.45, 2.75) is 83.6 Å². The van der Waals surface area contributed by atoms with Gasteiger partial charge in [-0.05, 0) is 48.9 Å². The van der Waals surface area contributed by atoms with E-state index in [1.165, 1.54) is 12.1 Å². The Bertz CT molecular complexity index is 1060. The summed E-state index contributed by atoms with van der Waals surface area (Å²) in [7, 11) is 0. The molecule has 0 aromatic heterocycles. The number of ether oxygens (including phenoxy) is 1. The van der Waals surface area contributed by atoms with Crippen molar-refractivity contribution < 1.29 is 34.1 Å². The van der Waals surface area contributed by atoms with Gasteiger partial charge in [-0.25, -0.2) is 4.79 Å². The van der Waals surface area contributed by atoms with E-state index in [0.29, 0.717) is 51.3 Å². The minimum Gasteiger partial charge on any atom is -0.508 e. The predicted molar refractivity (Wildman–Crippen MR) is 152 cm³/mol. The number of hydrogen-bond acceptors (Lipinski definition) is 8. The standard InChI is InChI=1S/C29H45N5O7/c1-5-24(36)32-29(27(39)40,23(18-28(2,3)4)34-13-15-41-16-14-34)33-26(38)22(17-19-8-10-20(35)11-9-19)31-25(37)21-7-6-12-30-21/h8-11,21-23,30,35H,5-7,12-18H2,1-4H3,(H,31,37)(H,32,36)(H,33,38)(H,39,40)/t21-,22?,23?,29-/m0/s1. The molecule has 41 heavy (non-hydrogen) atoms. The highest BCUT2D eigenvalue weighted by molar-refractivity contribution is 5.95. The van der Waals surface area contributed by atoms with Crippen LogP contribution in [0.1, 0.15) is 58.9 Å². The number of phenols is 1. The van der Waals surface area contributed by atoms with Crippen LogP contribution in [-0.4, -0.2) is 95.4 Å². The third-order valence-electron chi connectivity index (χ3n) is 7.49. The van der Waals surface area contributed by atoms with Crippen molar-refractivity contribution >= 4 is 23.7 Å². The zero-order chi connectivity index (χ0) is 30.2. The smallest absolute Gasteiger partial charge is 0.352 e. The molecular weight excluding hydrogens is 530 g/mol. The molecule has 2 unspecified atom stereocenters. The normalized spacial score (nSPS) is 20.8. The van der Waals surface area contributed by atoms with Crippen LogP contribution in [0.15, 0.2) is 24.3 Å². The average molecular weight is 576 g/mol. The molecule has 0 spiro atoms. The molecule has 1 aromatic rings. The minimum atomic E-state index is -2.18. The summed E-state index contributed by atoms with van der Waals surface area (Å²) < 4.78 is 5.51. The third-order valence-corrected chi connectivity index (χ3v) is 7.49. The van der Waals surface area contributed by atoms with Crippen molar-refractivity contribution in [1.29, 1.82) is 0 Å². The zero-order valence-electron chi connectivity index (χ0n) is 24.5. The molecule has 0 radical (unpaired) electrons. The molecule has 2 aliphatic heterocycles. The van der Waals surface area contributed by atoms with Crippen molar-refractivity contribution in [2.75, 3.05) is 32.8 Å². The lowest BCUT2D eigenvalue weighted by atomic mass is 9.81. The molecule has 1 aromatic carbocycles. The first kappa shape index (κ1) is 32.3. The molecule has 228 valence electrons. The molecular formula is C29H45N5O7. The average Bonchev–Trinajstić information content (AvgIpc) is 3.47. The van der Waals surface area contributed by atoms with Gasteiger partial charge in [-0.3, -0.25) is 19.3 Å². The summed E-state index contributed by atoms with van der Waals surface area (Å²) in [4.78, 5) is 55.1. The van der Waals surface area contributed by atoms with E-state index in [4.69, 9.17) is 4.74 Å².